The lowest BCUT2D eigenvalue weighted by molar-refractivity contribution is -0.142. The maximum atomic E-state index is 12.7. The molecule has 1 fully saturated rings. The van der Waals surface area contributed by atoms with Crippen LogP contribution < -0.4 is 15.4 Å². The molecule has 0 aromatic heterocycles. The molecular weight excluding hydrogens is 348 g/mol. The summed E-state index contributed by atoms with van der Waals surface area (Å²) in [5.74, 6) is -0.596. The zero-order valence-corrected chi connectivity index (χ0v) is 15.0. The van der Waals surface area contributed by atoms with Crippen LogP contribution in [0.15, 0.2) is 24.3 Å². The maximum absolute atomic E-state index is 12.7. The topological polar surface area (TPSA) is 111 Å². The highest BCUT2D eigenvalue weighted by Crippen LogP contribution is 2.29. The van der Waals surface area contributed by atoms with E-state index in [1.165, 1.54) is 7.11 Å². The van der Waals surface area contributed by atoms with Gasteiger partial charge >= 0.3 is 5.97 Å². The highest BCUT2D eigenvalue weighted by molar-refractivity contribution is 7.92. The van der Waals surface area contributed by atoms with Crippen molar-refractivity contribution in [3.8, 4) is 5.75 Å². The predicted octanol–water partition coefficient (Wildman–Crippen LogP) is 0.344. The molecule has 0 unspecified atom stereocenters. The van der Waals surface area contributed by atoms with Crippen LogP contribution in [0.1, 0.15) is 12.8 Å². The van der Waals surface area contributed by atoms with Gasteiger partial charge in [-0.3, -0.25) is 4.79 Å². The van der Waals surface area contributed by atoms with Crippen LogP contribution >= 0.6 is 0 Å². The van der Waals surface area contributed by atoms with E-state index in [9.17, 15) is 18.0 Å². The van der Waals surface area contributed by atoms with Gasteiger partial charge in [0, 0.05) is 11.9 Å². The predicted molar refractivity (Wildman–Crippen MR) is 92.3 cm³/mol. The van der Waals surface area contributed by atoms with E-state index < -0.39 is 26.5 Å². The van der Waals surface area contributed by atoms with Crippen molar-refractivity contribution >= 4 is 27.4 Å². The number of sulfone groups is 1. The zero-order chi connectivity index (χ0) is 18.5. The number of rotatable bonds is 6. The van der Waals surface area contributed by atoms with E-state index in [0.29, 0.717) is 24.5 Å². The molecule has 1 aliphatic rings. The van der Waals surface area contributed by atoms with Crippen LogP contribution in [0.25, 0.3) is 0 Å². The SMILES string of the molecule is COC(=O)COc1ccc(NC(=O)C2(S(C)(=O)=O)CCNCC2)cc1. The molecule has 0 bridgehead atoms. The summed E-state index contributed by atoms with van der Waals surface area (Å²) >= 11 is 0. The summed E-state index contributed by atoms with van der Waals surface area (Å²) < 4.78 is 32.7. The third kappa shape index (κ3) is 4.49. The number of carbonyl (C=O) groups is 2. The standard InChI is InChI=1S/C16H22N2O6S/c1-23-14(19)11-24-13-5-3-12(4-6-13)18-15(20)16(25(2,21)22)7-9-17-10-8-16/h3-6,17H,7-11H2,1-2H3,(H,18,20). The van der Waals surface area contributed by atoms with Crippen molar-refractivity contribution < 1.29 is 27.5 Å². The highest BCUT2D eigenvalue weighted by atomic mass is 32.2. The number of esters is 1. The summed E-state index contributed by atoms with van der Waals surface area (Å²) in [5, 5.41) is 5.74. The van der Waals surface area contributed by atoms with Crippen molar-refractivity contribution in [2.45, 2.75) is 17.6 Å². The molecular formula is C16H22N2O6S. The van der Waals surface area contributed by atoms with Crippen molar-refractivity contribution in [2.75, 3.05) is 38.4 Å². The Bertz CT molecular complexity index is 723. The number of hydrogen-bond donors (Lipinski definition) is 2. The molecule has 9 heteroatoms. The second-order valence-corrected chi connectivity index (χ2v) is 8.19. The molecule has 1 aromatic rings. The van der Waals surface area contributed by atoms with Gasteiger partial charge in [0.2, 0.25) is 5.91 Å². The monoisotopic (exact) mass is 370 g/mol. The average molecular weight is 370 g/mol. The Hall–Kier alpha value is -2.13. The molecule has 0 atom stereocenters. The molecule has 1 amide bonds. The normalized spacial score (nSPS) is 16.7. The van der Waals surface area contributed by atoms with Gasteiger partial charge < -0.3 is 20.1 Å². The molecule has 25 heavy (non-hydrogen) atoms. The molecule has 2 rings (SSSR count). The Balaban J connectivity index is 2.07. The summed E-state index contributed by atoms with van der Waals surface area (Å²) in [6.07, 6.45) is 1.57. The first-order chi connectivity index (χ1) is 11.8. The van der Waals surface area contributed by atoms with E-state index in [2.05, 4.69) is 15.4 Å². The van der Waals surface area contributed by atoms with Gasteiger partial charge in [0.15, 0.2) is 21.2 Å². The lowest BCUT2D eigenvalue weighted by atomic mass is 9.95. The first-order valence-corrected chi connectivity index (χ1v) is 9.69. The van der Waals surface area contributed by atoms with Crippen molar-refractivity contribution in [2.24, 2.45) is 0 Å². The Morgan fingerprint density at radius 2 is 1.80 bits per heavy atom. The van der Waals surface area contributed by atoms with Crippen molar-refractivity contribution in [1.82, 2.24) is 5.32 Å². The Labute approximate surface area is 146 Å². The van der Waals surface area contributed by atoms with Crippen LogP contribution in [0.4, 0.5) is 5.69 Å². The highest BCUT2D eigenvalue weighted by Gasteiger charge is 2.48. The fourth-order valence-corrected chi connectivity index (χ4v) is 4.01. The van der Waals surface area contributed by atoms with Gasteiger partial charge in [-0.25, -0.2) is 13.2 Å². The van der Waals surface area contributed by atoms with Gasteiger partial charge in [0.05, 0.1) is 7.11 Å². The Morgan fingerprint density at radius 3 is 2.32 bits per heavy atom. The maximum Gasteiger partial charge on any atom is 0.343 e. The summed E-state index contributed by atoms with van der Waals surface area (Å²) in [6, 6.07) is 6.32. The molecule has 0 radical (unpaired) electrons. The zero-order valence-electron chi connectivity index (χ0n) is 14.2. The summed E-state index contributed by atoms with van der Waals surface area (Å²) in [6.45, 7) is 0.730. The molecule has 2 N–H and O–H groups in total. The van der Waals surface area contributed by atoms with E-state index in [0.717, 1.165) is 6.26 Å². The third-order valence-electron chi connectivity index (χ3n) is 4.23. The van der Waals surface area contributed by atoms with Crippen LogP contribution in [0.2, 0.25) is 0 Å². The first-order valence-electron chi connectivity index (χ1n) is 7.80. The number of nitrogens with one attached hydrogen (secondary N) is 2. The minimum Gasteiger partial charge on any atom is -0.482 e. The van der Waals surface area contributed by atoms with Crippen LogP contribution in [0.5, 0.6) is 5.75 Å². The number of hydrogen-bond acceptors (Lipinski definition) is 7. The first kappa shape index (κ1) is 19.2. The number of amides is 1. The van der Waals surface area contributed by atoms with Crippen molar-refractivity contribution in [1.29, 1.82) is 0 Å². The van der Waals surface area contributed by atoms with Gasteiger partial charge in [0.25, 0.3) is 0 Å². The molecule has 1 saturated heterocycles. The van der Waals surface area contributed by atoms with Gasteiger partial charge in [-0.05, 0) is 50.2 Å². The van der Waals surface area contributed by atoms with Crippen LogP contribution in [-0.4, -0.2) is 58.1 Å². The Kier molecular flexibility index (Phi) is 6.02. The molecule has 8 nitrogen and oxygen atoms in total. The number of anilines is 1. The number of piperidine rings is 1. The molecule has 1 aromatic carbocycles. The largest absolute Gasteiger partial charge is 0.482 e. The van der Waals surface area contributed by atoms with Crippen molar-refractivity contribution in [3.63, 3.8) is 0 Å². The van der Waals surface area contributed by atoms with E-state index in [1.807, 2.05) is 0 Å². The van der Waals surface area contributed by atoms with Gasteiger partial charge in [-0.15, -0.1) is 0 Å². The van der Waals surface area contributed by atoms with E-state index in [1.54, 1.807) is 24.3 Å². The van der Waals surface area contributed by atoms with Crippen LogP contribution in [0.3, 0.4) is 0 Å². The minimum atomic E-state index is -3.56. The van der Waals surface area contributed by atoms with Crippen LogP contribution in [0, 0.1) is 0 Å². The fraction of sp³-hybridized carbons (Fsp3) is 0.500. The molecule has 0 saturated carbocycles. The lowest BCUT2D eigenvalue weighted by Gasteiger charge is -2.34. The molecule has 1 heterocycles. The number of benzene rings is 1. The van der Waals surface area contributed by atoms with Crippen molar-refractivity contribution in [3.05, 3.63) is 24.3 Å². The molecule has 138 valence electrons. The fourth-order valence-electron chi connectivity index (χ4n) is 2.68. The van der Waals surface area contributed by atoms with E-state index >= 15 is 0 Å². The second kappa shape index (κ2) is 7.83. The number of ether oxygens (including phenoxy) is 2. The van der Waals surface area contributed by atoms with E-state index in [4.69, 9.17) is 4.74 Å². The van der Waals surface area contributed by atoms with Gasteiger partial charge in [-0.1, -0.05) is 0 Å². The van der Waals surface area contributed by atoms with Gasteiger partial charge in [-0.2, -0.15) is 0 Å². The third-order valence-corrected chi connectivity index (χ3v) is 6.24. The molecule has 1 aliphatic heterocycles. The summed E-state index contributed by atoms with van der Waals surface area (Å²) in [5.41, 5.74) is 0.456. The van der Waals surface area contributed by atoms with Gasteiger partial charge in [0.1, 0.15) is 5.75 Å². The quantitative estimate of drug-likeness (QED) is 0.695. The lowest BCUT2D eigenvalue weighted by Crippen LogP contribution is -2.55. The smallest absolute Gasteiger partial charge is 0.343 e. The summed E-state index contributed by atoms with van der Waals surface area (Å²) in [4.78, 5) is 23.7. The minimum absolute atomic E-state index is 0.216. The molecule has 0 aliphatic carbocycles. The molecule has 0 spiro atoms. The van der Waals surface area contributed by atoms with Crippen LogP contribution in [-0.2, 0) is 24.2 Å². The number of carbonyl (C=O) groups excluding carboxylic acids is 2. The number of methoxy groups -OCH3 is 1. The average Bonchev–Trinajstić information content (AvgIpc) is 2.60. The van der Waals surface area contributed by atoms with E-state index in [-0.39, 0.29) is 19.4 Å². The second-order valence-electron chi connectivity index (χ2n) is 5.86. The Morgan fingerprint density at radius 1 is 1.20 bits per heavy atom. The summed E-state index contributed by atoms with van der Waals surface area (Å²) in [7, 11) is -2.30.